The van der Waals surface area contributed by atoms with Crippen LogP contribution in [0.5, 0.6) is 17.2 Å². The molecule has 0 atom stereocenters. The van der Waals surface area contributed by atoms with Gasteiger partial charge >= 0.3 is 0 Å². The predicted molar refractivity (Wildman–Crippen MR) is 97.3 cm³/mol. The molecule has 3 rings (SSSR count). The second kappa shape index (κ2) is 6.86. The van der Waals surface area contributed by atoms with Crippen molar-refractivity contribution in [3.8, 4) is 17.2 Å². The highest BCUT2D eigenvalue weighted by molar-refractivity contribution is 6.50. The summed E-state index contributed by atoms with van der Waals surface area (Å²) in [6.45, 7) is 0. The van der Waals surface area contributed by atoms with Crippen molar-refractivity contribution in [2.75, 3.05) is 14.2 Å². The summed E-state index contributed by atoms with van der Waals surface area (Å²) in [4.78, 5) is 19.4. The molecule has 2 aromatic carbocycles. The zero-order valence-corrected chi connectivity index (χ0v) is 14.3. The maximum Gasteiger partial charge on any atom is 0.259 e. The number of hydrogen-bond donors (Lipinski definition) is 2. The first-order valence-electron chi connectivity index (χ1n) is 7.34. The van der Waals surface area contributed by atoms with Crippen molar-refractivity contribution < 1.29 is 14.6 Å². The Labute approximate surface area is 148 Å². The first kappa shape index (κ1) is 16.9. The number of H-pyrrole nitrogens is 1. The van der Waals surface area contributed by atoms with Gasteiger partial charge in [0.25, 0.3) is 5.56 Å². The Balaban J connectivity index is 2.10. The predicted octanol–water partition coefficient (Wildman–Crippen LogP) is 3.38. The third-order valence-electron chi connectivity index (χ3n) is 3.62. The van der Waals surface area contributed by atoms with Crippen molar-refractivity contribution in [2.24, 2.45) is 0 Å². The Morgan fingerprint density at radius 1 is 1.16 bits per heavy atom. The molecule has 1 aromatic heterocycles. The van der Waals surface area contributed by atoms with Crippen molar-refractivity contribution in [1.82, 2.24) is 9.97 Å². The van der Waals surface area contributed by atoms with Crippen LogP contribution in [0.25, 0.3) is 22.0 Å². The van der Waals surface area contributed by atoms with Gasteiger partial charge < -0.3 is 19.6 Å². The number of halogens is 1. The van der Waals surface area contributed by atoms with Crippen LogP contribution in [0.4, 0.5) is 0 Å². The van der Waals surface area contributed by atoms with E-state index in [1.807, 2.05) is 0 Å². The number of aromatic amines is 1. The summed E-state index contributed by atoms with van der Waals surface area (Å²) < 4.78 is 10.4. The van der Waals surface area contributed by atoms with E-state index in [-0.39, 0.29) is 22.2 Å². The summed E-state index contributed by atoms with van der Waals surface area (Å²) in [6, 6.07) is 9.68. The average Bonchev–Trinajstić information content (AvgIpc) is 2.62. The third-order valence-corrected chi connectivity index (χ3v) is 3.91. The van der Waals surface area contributed by atoms with Crippen LogP contribution in [0.1, 0.15) is 11.4 Å². The van der Waals surface area contributed by atoms with Crippen molar-refractivity contribution >= 4 is 33.6 Å². The molecule has 2 N–H and O–H groups in total. The van der Waals surface area contributed by atoms with Crippen LogP contribution in [-0.4, -0.2) is 29.3 Å². The van der Waals surface area contributed by atoms with Crippen LogP contribution < -0.4 is 15.0 Å². The Morgan fingerprint density at radius 2 is 1.80 bits per heavy atom. The van der Waals surface area contributed by atoms with Gasteiger partial charge in [-0.3, -0.25) is 4.79 Å². The molecule has 0 aliphatic carbocycles. The molecular weight excluding hydrogens is 344 g/mol. The number of aromatic hydroxyl groups is 1. The molecule has 0 radical (unpaired) electrons. The van der Waals surface area contributed by atoms with Crippen LogP contribution in [-0.2, 0) is 0 Å². The number of fused-ring (bicyclic) bond motifs is 1. The van der Waals surface area contributed by atoms with Crippen LogP contribution in [0.3, 0.4) is 0 Å². The van der Waals surface area contributed by atoms with Gasteiger partial charge in [-0.2, -0.15) is 0 Å². The number of methoxy groups -OCH3 is 2. The minimum atomic E-state index is -0.335. The minimum Gasteiger partial charge on any atom is -0.508 e. The smallest absolute Gasteiger partial charge is 0.259 e. The largest absolute Gasteiger partial charge is 0.508 e. The SMILES string of the molecule is COc1cc2nc(/C(Cl)=C/c3ccc(O)cc3)[nH]c(=O)c2cc1OC. The van der Waals surface area contributed by atoms with E-state index in [9.17, 15) is 9.90 Å². The molecule has 7 heteroatoms. The standard InChI is InChI=1S/C18H15ClN2O4/c1-24-15-8-12-14(9-16(15)25-2)20-17(21-18(12)23)13(19)7-10-3-5-11(22)6-4-10/h3-9,22H,1-2H3,(H,20,21,23)/b13-7-. The van der Waals surface area contributed by atoms with Crippen LogP contribution in [0, 0.1) is 0 Å². The number of phenolic OH excluding ortho intramolecular Hbond substituents is 1. The first-order chi connectivity index (χ1) is 12.0. The highest BCUT2D eigenvalue weighted by atomic mass is 35.5. The lowest BCUT2D eigenvalue weighted by atomic mass is 10.2. The molecule has 0 bridgehead atoms. The molecule has 1 heterocycles. The highest BCUT2D eigenvalue weighted by Gasteiger charge is 2.12. The average molecular weight is 359 g/mol. The zero-order valence-electron chi connectivity index (χ0n) is 13.5. The molecular formula is C18H15ClN2O4. The van der Waals surface area contributed by atoms with Gasteiger partial charge in [0.15, 0.2) is 17.3 Å². The number of phenols is 1. The van der Waals surface area contributed by atoms with Gasteiger partial charge in [-0.05, 0) is 29.8 Å². The maximum atomic E-state index is 12.4. The zero-order chi connectivity index (χ0) is 18.0. The summed E-state index contributed by atoms with van der Waals surface area (Å²) in [5, 5.41) is 9.95. The molecule has 128 valence electrons. The monoisotopic (exact) mass is 358 g/mol. The van der Waals surface area contributed by atoms with E-state index in [1.54, 1.807) is 42.5 Å². The quantitative estimate of drug-likeness (QED) is 0.746. The minimum absolute atomic E-state index is 0.159. The molecule has 3 aromatic rings. The van der Waals surface area contributed by atoms with Crippen LogP contribution in [0.15, 0.2) is 41.2 Å². The molecule has 0 saturated heterocycles. The van der Waals surface area contributed by atoms with Gasteiger partial charge in [0.1, 0.15) is 5.75 Å². The number of aromatic nitrogens is 2. The normalized spacial score (nSPS) is 11.6. The van der Waals surface area contributed by atoms with Gasteiger partial charge in [0.2, 0.25) is 0 Å². The second-order valence-electron chi connectivity index (χ2n) is 5.22. The van der Waals surface area contributed by atoms with Crippen molar-refractivity contribution in [2.45, 2.75) is 0 Å². The van der Waals surface area contributed by atoms with Crippen LogP contribution in [0.2, 0.25) is 0 Å². The fourth-order valence-electron chi connectivity index (χ4n) is 2.36. The van der Waals surface area contributed by atoms with Crippen molar-refractivity contribution in [3.63, 3.8) is 0 Å². The molecule has 0 spiro atoms. The summed E-state index contributed by atoms with van der Waals surface area (Å²) in [5.74, 6) is 1.31. The number of benzene rings is 2. The fourth-order valence-corrected chi connectivity index (χ4v) is 2.58. The lowest BCUT2D eigenvalue weighted by Crippen LogP contribution is -2.11. The second-order valence-corrected chi connectivity index (χ2v) is 5.63. The van der Waals surface area contributed by atoms with Gasteiger partial charge in [-0.15, -0.1) is 0 Å². The molecule has 0 amide bonds. The van der Waals surface area contributed by atoms with Gasteiger partial charge in [0, 0.05) is 6.07 Å². The summed E-state index contributed by atoms with van der Waals surface area (Å²) >= 11 is 6.30. The maximum absolute atomic E-state index is 12.4. The lowest BCUT2D eigenvalue weighted by Gasteiger charge is -2.09. The van der Waals surface area contributed by atoms with E-state index in [4.69, 9.17) is 21.1 Å². The van der Waals surface area contributed by atoms with E-state index in [1.165, 1.54) is 14.2 Å². The van der Waals surface area contributed by atoms with Crippen LogP contribution >= 0.6 is 11.6 Å². The number of nitrogens with zero attached hydrogens (tertiary/aromatic N) is 1. The van der Waals surface area contributed by atoms with Crippen molar-refractivity contribution in [1.29, 1.82) is 0 Å². The number of nitrogens with one attached hydrogen (secondary N) is 1. The molecule has 6 nitrogen and oxygen atoms in total. The summed E-state index contributed by atoms with van der Waals surface area (Å²) in [5.41, 5.74) is 0.865. The Kier molecular flexibility index (Phi) is 4.63. The topological polar surface area (TPSA) is 84.4 Å². The number of ether oxygens (including phenoxy) is 2. The Hall–Kier alpha value is -2.99. The molecule has 25 heavy (non-hydrogen) atoms. The molecule has 0 aliphatic heterocycles. The molecule has 0 saturated carbocycles. The third kappa shape index (κ3) is 3.44. The molecule has 0 aliphatic rings. The van der Waals surface area contributed by atoms with E-state index in [2.05, 4.69) is 9.97 Å². The molecule has 0 unspecified atom stereocenters. The number of rotatable bonds is 4. The fraction of sp³-hybridized carbons (Fsp3) is 0.111. The van der Waals surface area contributed by atoms with Gasteiger partial charge in [0.05, 0.1) is 30.2 Å². The summed E-state index contributed by atoms with van der Waals surface area (Å²) in [7, 11) is 3.01. The van der Waals surface area contributed by atoms with Gasteiger partial charge in [-0.1, -0.05) is 23.7 Å². The lowest BCUT2D eigenvalue weighted by molar-refractivity contribution is 0.355. The van der Waals surface area contributed by atoms with Crippen molar-refractivity contribution in [3.05, 3.63) is 58.1 Å². The van der Waals surface area contributed by atoms with E-state index < -0.39 is 0 Å². The number of hydrogen-bond acceptors (Lipinski definition) is 5. The molecule has 0 fully saturated rings. The highest BCUT2D eigenvalue weighted by Crippen LogP contribution is 2.30. The Morgan fingerprint density at radius 3 is 2.44 bits per heavy atom. The van der Waals surface area contributed by atoms with E-state index in [0.717, 1.165) is 5.56 Å². The van der Waals surface area contributed by atoms with Gasteiger partial charge in [-0.25, -0.2) is 4.98 Å². The Bertz CT molecular complexity index is 1010. The summed E-state index contributed by atoms with van der Waals surface area (Å²) in [6.07, 6.45) is 1.64. The van der Waals surface area contributed by atoms with E-state index >= 15 is 0 Å². The first-order valence-corrected chi connectivity index (χ1v) is 7.72. The van der Waals surface area contributed by atoms with E-state index in [0.29, 0.717) is 22.4 Å².